The Hall–Kier alpha value is -2.92. The summed E-state index contributed by atoms with van der Waals surface area (Å²) < 4.78 is 75.0. The van der Waals surface area contributed by atoms with Crippen LogP contribution >= 0.6 is 0 Å². The summed E-state index contributed by atoms with van der Waals surface area (Å²) in [6.07, 6.45) is 0. The monoisotopic (exact) mass is 426 g/mol. The maximum Gasteiger partial charge on any atom is 0.322 e. The van der Waals surface area contributed by atoms with Gasteiger partial charge in [-0.15, -0.1) is 5.10 Å². The average molecular weight is 426 g/mol. The zero-order chi connectivity index (χ0) is 21.2. The van der Waals surface area contributed by atoms with Gasteiger partial charge in [-0.3, -0.25) is 4.57 Å². The van der Waals surface area contributed by atoms with Crippen molar-refractivity contribution < 1.29 is 26.3 Å². The molecule has 0 spiro atoms. The second-order valence-corrected chi connectivity index (χ2v) is 7.69. The molecule has 1 N–H and O–H groups in total. The van der Waals surface area contributed by atoms with Gasteiger partial charge in [0.15, 0.2) is 10.7 Å². The van der Waals surface area contributed by atoms with Crippen molar-refractivity contribution in [2.24, 2.45) is 0 Å². The highest BCUT2D eigenvalue weighted by atomic mass is 32.2. The number of ether oxygens (including phenoxy) is 1. The van der Waals surface area contributed by atoms with Crippen molar-refractivity contribution >= 4 is 10.0 Å². The van der Waals surface area contributed by atoms with Gasteiger partial charge in [0.2, 0.25) is 10.0 Å². The van der Waals surface area contributed by atoms with Crippen LogP contribution in [0.2, 0.25) is 0 Å². The van der Waals surface area contributed by atoms with Crippen molar-refractivity contribution in [3.8, 4) is 11.8 Å². The van der Waals surface area contributed by atoms with Gasteiger partial charge in [-0.05, 0) is 50.2 Å². The third kappa shape index (κ3) is 4.40. The van der Waals surface area contributed by atoms with E-state index in [2.05, 4.69) is 14.9 Å². The average Bonchev–Trinajstić information content (AvgIpc) is 3.05. The first-order valence-corrected chi connectivity index (χ1v) is 10.0. The molecule has 0 aliphatic carbocycles. The number of rotatable bonds is 7. The summed E-state index contributed by atoms with van der Waals surface area (Å²) in [6, 6.07) is 7.07. The van der Waals surface area contributed by atoms with Crippen LogP contribution in [0.4, 0.5) is 13.2 Å². The minimum Gasteiger partial charge on any atom is -0.424 e. The van der Waals surface area contributed by atoms with Crippen molar-refractivity contribution in [2.75, 3.05) is 0 Å². The van der Waals surface area contributed by atoms with Crippen molar-refractivity contribution in [3.05, 3.63) is 65.7 Å². The molecule has 29 heavy (non-hydrogen) atoms. The summed E-state index contributed by atoms with van der Waals surface area (Å²) in [4.78, 5) is -1.07. The topological polar surface area (TPSA) is 86.1 Å². The Balaban J connectivity index is 1.87. The Morgan fingerprint density at radius 3 is 2.28 bits per heavy atom. The molecule has 0 unspecified atom stereocenters. The van der Waals surface area contributed by atoms with E-state index in [0.717, 1.165) is 18.2 Å². The van der Waals surface area contributed by atoms with Gasteiger partial charge in [-0.2, -0.15) is 0 Å². The second kappa shape index (κ2) is 8.21. The summed E-state index contributed by atoms with van der Waals surface area (Å²) in [5, 5.41) is 7.80. The van der Waals surface area contributed by atoms with Gasteiger partial charge < -0.3 is 4.74 Å². The summed E-state index contributed by atoms with van der Waals surface area (Å²) >= 11 is 0. The van der Waals surface area contributed by atoms with Crippen LogP contribution in [-0.2, 0) is 16.6 Å². The molecular formula is C18H17F3N4O3S. The van der Waals surface area contributed by atoms with E-state index in [0.29, 0.717) is 12.3 Å². The molecule has 0 fully saturated rings. The van der Waals surface area contributed by atoms with E-state index >= 15 is 0 Å². The molecule has 0 radical (unpaired) electrons. The van der Waals surface area contributed by atoms with Crippen LogP contribution in [0, 0.1) is 17.5 Å². The van der Waals surface area contributed by atoms with Crippen molar-refractivity contribution in [3.63, 3.8) is 0 Å². The molecule has 1 atom stereocenters. The molecule has 11 heteroatoms. The highest BCUT2D eigenvalue weighted by Gasteiger charge is 2.28. The Kier molecular flexibility index (Phi) is 5.89. The van der Waals surface area contributed by atoms with Crippen molar-refractivity contribution in [2.45, 2.75) is 31.3 Å². The van der Waals surface area contributed by atoms with Gasteiger partial charge in [0.05, 0.1) is 6.04 Å². The van der Waals surface area contributed by atoms with Gasteiger partial charge >= 0.3 is 6.01 Å². The van der Waals surface area contributed by atoms with Gasteiger partial charge in [-0.1, -0.05) is 11.2 Å². The lowest BCUT2D eigenvalue weighted by atomic mass is 10.3. The fourth-order valence-electron chi connectivity index (χ4n) is 2.68. The second-order valence-electron chi connectivity index (χ2n) is 6.03. The predicted octanol–water partition coefficient (Wildman–Crippen LogP) is 3.55. The largest absolute Gasteiger partial charge is 0.424 e. The van der Waals surface area contributed by atoms with Crippen LogP contribution in [0.5, 0.6) is 11.8 Å². The zero-order valence-corrected chi connectivity index (χ0v) is 16.3. The Morgan fingerprint density at radius 1 is 1.07 bits per heavy atom. The molecule has 0 amide bonds. The molecule has 0 aliphatic heterocycles. The summed E-state index contributed by atoms with van der Waals surface area (Å²) in [5.41, 5.74) is 0. The number of sulfonamides is 1. The highest BCUT2D eigenvalue weighted by molar-refractivity contribution is 7.89. The fourth-order valence-corrected chi connectivity index (χ4v) is 4.02. The summed E-state index contributed by atoms with van der Waals surface area (Å²) in [6.45, 7) is 3.52. The highest BCUT2D eigenvalue weighted by Crippen LogP contribution is 2.25. The van der Waals surface area contributed by atoms with Gasteiger partial charge in [0, 0.05) is 6.54 Å². The van der Waals surface area contributed by atoms with Crippen LogP contribution in [0.15, 0.2) is 47.4 Å². The maximum atomic E-state index is 13.9. The Labute approximate surface area is 165 Å². The van der Waals surface area contributed by atoms with E-state index in [-0.39, 0.29) is 11.8 Å². The zero-order valence-electron chi connectivity index (χ0n) is 15.4. The number of aromatic nitrogens is 3. The summed E-state index contributed by atoms with van der Waals surface area (Å²) in [5.74, 6) is -2.37. The molecule has 7 nitrogen and oxygen atoms in total. The lowest BCUT2D eigenvalue weighted by Gasteiger charge is -2.16. The Bertz CT molecular complexity index is 1100. The summed E-state index contributed by atoms with van der Waals surface area (Å²) in [7, 11) is -4.51. The molecule has 0 bridgehead atoms. The number of halogens is 3. The fraction of sp³-hybridized carbons (Fsp3) is 0.222. The first-order valence-electron chi connectivity index (χ1n) is 8.55. The van der Waals surface area contributed by atoms with E-state index in [1.807, 2.05) is 0 Å². The van der Waals surface area contributed by atoms with Crippen molar-refractivity contribution in [1.82, 2.24) is 19.5 Å². The van der Waals surface area contributed by atoms with Crippen LogP contribution in [0.25, 0.3) is 0 Å². The quantitative estimate of drug-likeness (QED) is 0.625. The number of nitrogens with one attached hydrogen (secondary N) is 1. The minimum atomic E-state index is -4.51. The van der Waals surface area contributed by atoms with Crippen molar-refractivity contribution in [1.29, 1.82) is 0 Å². The molecule has 2 aromatic carbocycles. The van der Waals surface area contributed by atoms with Gasteiger partial charge in [-0.25, -0.2) is 26.3 Å². The van der Waals surface area contributed by atoms with Gasteiger partial charge in [0.1, 0.15) is 23.2 Å². The molecule has 1 aromatic heterocycles. The van der Waals surface area contributed by atoms with E-state index in [1.54, 1.807) is 6.92 Å². The lowest BCUT2D eigenvalue weighted by molar-refractivity contribution is 0.407. The molecular weight excluding hydrogens is 409 g/mol. The number of nitrogens with zero attached hydrogens (tertiary/aromatic N) is 3. The van der Waals surface area contributed by atoms with Crippen LogP contribution < -0.4 is 9.46 Å². The normalized spacial score (nSPS) is 12.7. The van der Waals surface area contributed by atoms with E-state index in [9.17, 15) is 21.6 Å². The number of hydrogen-bond donors (Lipinski definition) is 1. The molecule has 0 saturated carbocycles. The predicted molar refractivity (Wildman–Crippen MR) is 97.3 cm³/mol. The Morgan fingerprint density at radius 2 is 1.69 bits per heavy atom. The smallest absolute Gasteiger partial charge is 0.322 e. The SMILES string of the molecule is CCn1c(Oc2ccc(F)cc2)nnc1[C@@H](C)NS(=O)(=O)c1c(F)cccc1F. The van der Waals surface area contributed by atoms with E-state index < -0.39 is 38.4 Å². The molecule has 3 rings (SSSR count). The third-order valence-electron chi connectivity index (χ3n) is 3.99. The molecule has 3 aromatic rings. The standard InChI is InChI=1S/C18H17F3N4O3S/c1-3-25-17(22-23-18(25)28-13-9-7-12(19)8-10-13)11(2)24-29(26,27)16-14(20)5-4-6-15(16)21/h4-11,24H,3H2,1-2H3/t11-/m1/s1. The number of hydrogen-bond acceptors (Lipinski definition) is 5. The molecule has 1 heterocycles. The minimum absolute atomic E-state index is 0.0530. The molecule has 0 saturated heterocycles. The third-order valence-corrected chi connectivity index (χ3v) is 5.58. The number of benzene rings is 2. The first kappa shape index (κ1) is 20.8. The molecule has 0 aliphatic rings. The van der Waals surface area contributed by atoms with E-state index in [4.69, 9.17) is 4.74 Å². The maximum absolute atomic E-state index is 13.9. The van der Waals surface area contributed by atoms with Crippen LogP contribution in [0.3, 0.4) is 0 Å². The van der Waals surface area contributed by atoms with E-state index in [1.165, 1.54) is 35.8 Å². The van der Waals surface area contributed by atoms with Crippen LogP contribution in [0.1, 0.15) is 25.7 Å². The van der Waals surface area contributed by atoms with Crippen LogP contribution in [-0.4, -0.2) is 23.2 Å². The van der Waals surface area contributed by atoms with Gasteiger partial charge in [0.25, 0.3) is 0 Å². The lowest BCUT2D eigenvalue weighted by Crippen LogP contribution is -2.30. The molecule has 154 valence electrons. The first-order chi connectivity index (χ1) is 13.7.